The Morgan fingerprint density at radius 3 is 2.69 bits per heavy atom. The second-order valence-electron chi connectivity index (χ2n) is 6.64. The van der Waals surface area contributed by atoms with Crippen molar-refractivity contribution in [1.82, 2.24) is 0 Å². The monoisotopic (exact) mass is 350 g/mol. The number of nitrogens with zero attached hydrogens (tertiary/aromatic N) is 1. The Morgan fingerprint density at radius 2 is 2.00 bits per heavy atom. The summed E-state index contributed by atoms with van der Waals surface area (Å²) in [6, 6.07) is 12.5. The number of benzene rings is 2. The van der Waals surface area contributed by atoms with Gasteiger partial charge in [0.25, 0.3) is 5.69 Å². The molecule has 0 unspecified atom stereocenters. The number of rotatable bonds is 3. The molecule has 26 heavy (non-hydrogen) atoms. The first-order chi connectivity index (χ1) is 12.5. The van der Waals surface area contributed by atoms with Gasteiger partial charge in [-0.25, -0.2) is 0 Å². The number of ether oxygens (including phenoxy) is 1. The highest BCUT2D eigenvalue weighted by Crippen LogP contribution is 2.52. The minimum absolute atomic E-state index is 0.0463. The molecule has 0 fully saturated rings. The number of fused-ring (bicyclic) bond motifs is 3. The fraction of sp³-hybridized carbons (Fsp3) is 0.250. The minimum Gasteiger partial charge on any atom is -0.427 e. The lowest BCUT2D eigenvalue weighted by atomic mass is 9.77. The van der Waals surface area contributed by atoms with E-state index in [4.69, 9.17) is 4.74 Å². The van der Waals surface area contributed by atoms with Crippen LogP contribution in [0.5, 0.6) is 5.75 Å². The quantitative estimate of drug-likeness (QED) is 0.293. The van der Waals surface area contributed by atoms with Gasteiger partial charge in [0.2, 0.25) is 0 Å². The Bertz CT molecular complexity index is 905. The Morgan fingerprint density at radius 1 is 1.23 bits per heavy atom. The van der Waals surface area contributed by atoms with Crippen molar-refractivity contribution in [3.05, 3.63) is 75.9 Å². The maximum Gasteiger partial charge on any atom is 0.308 e. The Kier molecular flexibility index (Phi) is 3.95. The van der Waals surface area contributed by atoms with Gasteiger partial charge in [-0.1, -0.05) is 36.4 Å². The first-order valence-corrected chi connectivity index (χ1v) is 8.53. The highest BCUT2D eigenvalue weighted by molar-refractivity contribution is 5.71. The van der Waals surface area contributed by atoms with Crippen molar-refractivity contribution in [2.75, 3.05) is 5.32 Å². The molecule has 2 aromatic rings. The molecule has 2 aromatic carbocycles. The zero-order valence-corrected chi connectivity index (χ0v) is 14.2. The van der Waals surface area contributed by atoms with E-state index in [0.717, 1.165) is 17.5 Å². The predicted molar refractivity (Wildman–Crippen MR) is 97.2 cm³/mol. The van der Waals surface area contributed by atoms with Crippen LogP contribution in [-0.4, -0.2) is 10.9 Å². The summed E-state index contributed by atoms with van der Waals surface area (Å²) in [6.45, 7) is 1.36. The Balaban J connectivity index is 1.72. The number of anilines is 1. The lowest BCUT2D eigenvalue weighted by molar-refractivity contribution is -0.384. The van der Waals surface area contributed by atoms with Crippen LogP contribution in [0.15, 0.2) is 54.6 Å². The highest BCUT2D eigenvalue weighted by atomic mass is 16.6. The van der Waals surface area contributed by atoms with Gasteiger partial charge in [-0.2, -0.15) is 0 Å². The summed E-state index contributed by atoms with van der Waals surface area (Å²) in [5, 5.41) is 14.9. The minimum atomic E-state index is -0.363. The molecule has 6 heteroatoms. The lowest BCUT2D eigenvalue weighted by Gasteiger charge is -2.37. The number of nitrogens with one attached hydrogen (secondary N) is 1. The van der Waals surface area contributed by atoms with Crippen LogP contribution in [0.25, 0.3) is 0 Å². The number of carbonyl (C=O) groups is 1. The average molecular weight is 350 g/mol. The molecule has 0 bridgehead atoms. The molecule has 0 amide bonds. The van der Waals surface area contributed by atoms with Crippen molar-refractivity contribution < 1.29 is 14.5 Å². The molecule has 0 aromatic heterocycles. The normalized spacial score (nSPS) is 22.9. The van der Waals surface area contributed by atoms with Gasteiger partial charge >= 0.3 is 5.97 Å². The molecule has 1 heterocycles. The van der Waals surface area contributed by atoms with Crippen molar-refractivity contribution in [1.29, 1.82) is 0 Å². The number of para-hydroxylation sites is 1. The molecule has 1 aliphatic carbocycles. The van der Waals surface area contributed by atoms with E-state index in [2.05, 4.69) is 17.5 Å². The summed E-state index contributed by atoms with van der Waals surface area (Å²) >= 11 is 0. The summed E-state index contributed by atoms with van der Waals surface area (Å²) in [5.41, 5.74) is 2.69. The first-order valence-electron chi connectivity index (χ1n) is 8.53. The number of nitro benzene ring substituents is 1. The third-order valence-corrected chi connectivity index (χ3v) is 5.07. The van der Waals surface area contributed by atoms with Crippen LogP contribution in [0, 0.1) is 16.0 Å². The standard InChI is InChI=1S/C20H18N2O4/c1-12(23)26-14-10-8-13(9-11-14)19-16-5-2-4-15(16)17-6-3-7-18(22(24)25)20(17)21-19/h2-4,6-11,15-16,19,21H,5H2,1H3/t15-,16+,19+/m0/s1. The topological polar surface area (TPSA) is 81.5 Å². The molecule has 6 nitrogen and oxygen atoms in total. The van der Waals surface area contributed by atoms with E-state index in [0.29, 0.717) is 17.4 Å². The molecule has 2 aliphatic rings. The Hall–Kier alpha value is -3.15. The van der Waals surface area contributed by atoms with E-state index in [1.165, 1.54) is 13.0 Å². The molecule has 0 saturated carbocycles. The molecule has 0 saturated heterocycles. The SMILES string of the molecule is CC(=O)Oc1ccc([C@H]2Nc3c(cccc3[N+](=O)[O-])[C@H]3C=CC[C@H]32)cc1. The van der Waals surface area contributed by atoms with Gasteiger partial charge in [0, 0.05) is 18.9 Å². The van der Waals surface area contributed by atoms with Crippen LogP contribution < -0.4 is 10.1 Å². The fourth-order valence-electron chi connectivity index (χ4n) is 4.00. The number of carbonyl (C=O) groups excluding carboxylic acids is 1. The van der Waals surface area contributed by atoms with Crippen molar-refractivity contribution >= 4 is 17.3 Å². The van der Waals surface area contributed by atoms with E-state index in [-0.39, 0.29) is 28.5 Å². The number of hydrogen-bond donors (Lipinski definition) is 1. The van der Waals surface area contributed by atoms with E-state index in [1.807, 2.05) is 18.2 Å². The number of hydrogen-bond acceptors (Lipinski definition) is 5. The number of nitro groups is 1. The Labute approximate surface area is 150 Å². The maximum atomic E-state index is 11.5. The molecule has 0 radical (unpaired) electrons. The van der Waals surface area contributed by atoms with Crippen molar-refractivity contribution in [2.45, 2.75) is 25.3 Å². The van der Waals surface area contributed by atoms with Crippen LogP contribution in [0.1, 0.15) is 36.4 Å². The molecule has 3 atom stereocenters. The molecule has 1 aliphatic heterocycles. The second kappa shape index (κ2) is 6.29. The largest absolute Gasteiger partial charge is 0.427 e. The van der Waals surface area contributed by atoms with Crippen molar-refractivity contribution in [2.24, 2.45) is 5.92 Å². The van der Waals surface area contributed by atoms with Gasteiger partial charge in [-0.15, -0.1) is 0 Å². The van der Waals surface area contributed by atoms with Gasteiger partial charge in [0.1, 0.15) is 11.4 Å². The summed E-state index contributed by atoms with van der Waals surface area (Å²) in [6.07, 6.45) is 5.20. The first kappa shape index (κ1) is 16.3. The smallest absolute Gasteiger partial charge is 0.308 e. The predicted octanol–water partition coefficient (Wildman–Crippen LogP) is 4.35. The van der Waals surface area contributed by atoms with Gasteiger partial charge in [-0.05, 0) is 35.6 Å². The summed E-state index contributed by atoms with van der Waals surface area (Å²) < 4.78 is 5.09. The van der Waals surface area contributed by atoms with E-state index in [1.54, 1.807) is 18.2 Å². The van der Waals surface area contributed by atoms with Gasteiger partial charge < -0.3 is 10.1 Å². The summed E-state index contributed by atoms with van der Waals surface area (Å²) in [4.78, 5) is 22.2. The van der Waals surface area contributed by atoms with Gasteiger partial charge in [0.15, 0.2) is 0 Å². The van der Waals surface area contributed by atoms with Crippen LogP contribution >= 0.6 is 0 Å². The summed E-state index contributed by atoms with van der Waals surface area (Å²) in [7, 11) is 0. The van der Waals surface area contributed by atoms with Crippen LogP contribution in [0.2, 0.25) is 0 Å². The van der Waals surface area contributed by atoms with Gasteiger partial charge in [-0.3, -0.25) is 14.9 Å². The zero-order chi connectivity index (χ0) is 18.3. The van der Waals surface area contributed by atoms with Crippen molar-refractivity contribution in [3.63, 3.8) is 0 Å². The second-order valence-corrected chi connectivity index (χ2v) is 6.64. The third-order valence-electron chi connectivity index (χ3n) is 5.07. The summed E-state index contributed by atoms with van der Waals surface area (Å²) in [5.74, 6) is 0.580. The molecule has 1 N–H and O–H groups in total. The van der Waals surface area contributed by atoms with Crippen LogP contribution in [-0.2, 0) is 4.79 Å². The molecular weight excluding hydrogens is 332 g/mol. The zero-order valence-electron chi connectivity index (χ0n) is 14.2. The fourth-order valence-corrected chi connectivity index (χ4v) is 4.00. The van der Waals surface area contributed by atoms with E-state index >= 15 is 0 Å². The molecular formula is C20H18N2O4. The molecule has 4 rings (SSSR count). The van der Waals surface area contributed by atoms with Crippen LogP contribution in [0.3, 0.4) is 0 Å². The lowest BCUT2D eigenvalue weighted by Crippen LogP contribution is -2.29. The van der Waals surface area contributed by atoms with Crippen LogP contribution in [0.4, 0.5) is 11.4 Å². The number of esters is 1. The molecule has 132 valence electrons. The third kappa shape index (κ3) is 2.73. The van der Waals surface area contributed by atoms with E-state index < -0.39 is 0 Å². The number of allylic oxidation sites excluding steroid dienone is 2. The maximum absolute atomic E-state index is 11.5. The average Bonchev–Trinajstić information content (AvgIpc) is 3.10. The van der Waals surface area contributed by atoms with Gasteiger partial charge in [0.05, 0.1) is 11.0 Å². The molecule has 0 spiro atoms. The highest BCUT2D eigenvalue weighted by Gasteiger charge is 2.40. The van der Waals surface area contributed by atoms with E-state index in [9.17, 15) is 14.9 Å². The van der Waals surface area contributed by atoms with Crippen molar-refractivity contribution in [3.8, 4) is 5.75 Å².